The molecule has 2 aromatic carbocycles. The fraction of sp³-hybridized carbons (Fsp3) is 0.296. The summed E-state index contributed by atoms with van der Waals surface area (Å²) in [7, 11) is 0. The molecule has 0 saturated carbocycles. The van der Waals surface area contributed by atoms with Crippen molar-refractivity contribution in [1.29, 1.82) is 5.26 Å². The summed E-state index contributed by atoms with van der Waals surface area (Å²) in [6.45, 7) is 7.46. The first-order valence-corrected chi connectivity index (χ1v) is 12.2. The molecule has 0 radical (unpaired) electrons. The second-order valence-electron chi connectivity index (χ2n) is 8.76. The number of anilines is 1. The number of nitriles is 1. The zero-order valence-corrected chi connectivity index (χ0v) is 20.6. The van der Waals surface area contributed by atoms with Gasteiger partial charge in [0, 0.05) is 25.2 Å². The number of aryl methyl sites for hydroxylation is 1. The summed E-state index contributed by atoms with van der Waals surface area (Å²) in [6.07, 6.45) is 1.61. The quantitative estimate of drug-likeness (QED) is 0.358. The lowest BCUT2D eigenvalue weighted by Gasteiger charge is -2.26. The van der Waals surface area contributed by atoms with E-state index in [9.17, 15) is 0 Å². The number of H-pyrrole nitrogens is 1. The van der Waals surface area contributed by atoms with Crippen LogP contribution in [0.25, 0.3) is 22.5 Å². The number of nitrogens with one attached hydrogen (secondary N) is 2. The second-order valence-corrected chi connectivity index (χ2v) is 8.76. The maximum absolute atomic E-state index is 9.09. The molecule has 1 saturated heterocycles. The fourth-order valence-corrected chi connectivity index (χ4v) is 4.15. The minimum Gasteiger partial charge on any atom is -0.492 e. The molecule has 10 nitrogen and oxygen atoms in total. The number of aromatic amines is 1. The van der Waals surface area contributed by atoms with Crippen LogP contribution < -0.4 is 10.1 Å². The van der Waals surface area contributed by atoms with Gasteiger partial charge >= 0.3 is 0 Å². The van der Waals surface area contributed by atoms with Gasteiger partial charge in [-0.2, -0.15) is 15.5 Å². The van der Waals surface area contributed by atoms with E-state index in [0.717, 1.165) is 66.7 Å². The van der Waals surface area contributed by atoms with Gasteiger partial charge < -0.3 is 14.8 Å². The van der Waals surface area contributed by atoms with E-state index in [4.69, 9.17) is 14.7 Å². The Morgan fingerprint density at radius 2 is 1.97 bits per heavy atom. The molecule has 1 aliphatic rings. The molecule has 0 bridgehead atoms. The minimum absolute atomic E-state index is 0.407. The van der Waals surface area contributed by atoms with Crippen LogP contribution in [0.15, 0.2) is 54.7 Å². The van der Waals surface area contributed by atoms with Gasteiger partial charge in [-0.3, -0.25) is 10.00 Å². The van der Waals surface area contributed by atoms with Gasteiger partial charge in [0.25, 0.3) is 0 Å². The molecule has 2 aromatic heterocycles. The molecule has 0 aliphatic carbocycles. The molecular weight excluding hydrogens is 468 g/mol. The number of hydrogen-bond donors (Lipinski definition) is 2. The van der Waals surface area contributed by atoms with Crippen molar-refractivity contribution in [2.24, 2.45) is 0 Å². The number of hydrogen-bond acceptors (Lipinski definition) is 9. The van der Waals surface area contributed by atoms with E-state index >= 15 is 0 Å². The molecule has 188 valence electrons. The Morgan fingerprint density at radius 3 is 2.76 bits per heavy atom. The SMILES string of the molecule is Cc1cc(C#N)ccc1-c1cnnc(NCc2cc(-c3ccc(OCCN4CCOCC4)cc3)[nH]n2)n1. The molecule has 0 amide bonds. The van der Waals surface area contributed by atoms with Crippen molar-refractivity contribution in [2.45, 2.75) is 13.5 Å². The standard InChI is InChI=1S/C27H28N8O2/c1-19-14-20(16-28)2-7-24(19)26-18-30-34-27(31-26)29-17-22-15-25(33-32-22)21-3-5-23(6-4-21)37-13-10-35-8-11-36-12-9-35/h2-7,14-15,18H,8-13,17H2,1H3,(H,32,33)(H,29,31,34). The summed E-state index contributed by atoms with van der Waals surface area (Å²) >= 11 is 0. The van der Waals surface area contributed by atoms with E-state index in [-0.39, 0.29) is 0 Å². The summed E-state index contributed by atoms with van der Waals surface area (Å²) in [6, 6.07) is 17.6. The summed E-state index contributed by atoms with van der Waals surface area (Å²) in [5.74, 6) is 1.25. The zero-order chi connectivity index (χ0) is 25.5. The minimum atomic E-state index is 0.407. The van der Waals surface area contributed by atoms with Crippen molar-refractivity contribution in [1.82, 2.24) is 30.3 Å². The van der Waals surface area contributed by atoms with Crippen molar-refractivity contribution in [3.05, 3.63) is 71.5 Å². The van der Waals surface area contributed by atoms with Gasteiger partial charge in [0.15, 0.2) is 0 Å². The van der Waals surface area contributed by atoms with E-state index in [1.807, 2.05) is 49.4 Å². The van der Waals surface area contributed by atoms with Crippen LogP contribution in [0, 0.1) is 18.3 Å². The van der Waals surface area contributed by atoms with Gasteiger partial charge in [0.2, 0.25) is 5.95 Å². The monoisotopic (exact) mass is 496 g/mol. The second kappa shape index (κ2) is 11.6. The highest BCUT2D eigenvalue weighted by molar-refractivity contribution is 5.65. The van der Waals surface area contributed by atoms with Gasteiger partial charge in [-0.25, -0.2) is 4.98 Å². The third kappa shape index (κ3) is 6.27. The number of benzene rings is 2. The van der Waals surface area contributed by atoms with E-state index in [2.05, 4.69) is 41.7 Å². The smallest absolute Gasteiger partial charge is 0.243 e. The van der Waals surface area contributed by atoms with E-state index < -0.39 is 0 Å². The maximum atomic E-state index is 9.09. The molecule has 1 fully saturated rings. The molecular formula is C27H28N8O2. The van der Waals surface area contributed by atoms with Crippen molar-refractivity contribution < 1.29 is 9.47 Å². The highest BCUT2D eigenvalue weighted by atomic mass is 16.5. The topological polar surface area (TPSA) is 125 Å². The molecule has 0 unspecified atom stereocenters. The molecule has 10 heteroatoms. The lowest BCUT2D eigenvalue weighted by Crippen LogP contribution is -2.38. The lowest BCUT2D eigenvalue weighted by atomic mass is 10.0. The van der Waals surface area contributed by atoms with Crippen LogP contribution >= 0.6 is 0 Å². The summed E-state index contributed by atoms with van der Waals surface area (Å²) in [5.41, 5.74) is 5.93. The molecule has 37 heavy (non-hydrogen) atoms. The van der Waals surface area contributed by atoms with Crippen LogP contribution in [-0.4, -0.2) is 69.7 Å². The van der Waals surface area contributed by atoms with Gasteiger partial charge in [0.05, 0.1) is 54.7 Å². The normalized spacial score (nSPS) is 13.7. The van der Waals surface area contributed by atoms with Crippen LogP contribution in [0.1, 0.15) is 16.8 Å². The van der Waals surface area contributed by atoms with Gasteiger partial charge in [0.1, 0.15) is 12.4 Å². The average Bonchev–Trinajstić information content (AvgIpc) is 3.42. The average molecular weight is 497 g/mol. The number of rotatable bonds is 9. The number of ether oxygens (including phenoxy) is 2. The Kier molecular flexibility index (Phi) is 7.64. The highest BCUT2D eigenvalue weighted by Gasteiger charge is 2.11. The van der Waals surface area contributed by atoms with Crippen LogP contribution in [0.5, 0.6) is 5.75 Å². The van der Waals surface area contributed by atoms with E-state index in [1.54, 1.807) is 12.3 Å². The molecule has 0 atom stereocenters. The first-order chi connectivity index (χ1) is 18.2. The van der Waals surface area contributed by atoms with Crippen LogP contribution in [0.2, 0.25) is 0 Å². The zero-order valence-electron chi connectivity index (χ0n) is 20.6. The molecule has 1 aliphatic heterocycles. The Labute approximate surface area is 215 Å². The number of aromatic nitrogens is 5. The molecule has 0 spiro atoms. The first kappa shape index (κ1) is 24.4. The molecule has 2 N–H and O–H groups in total. The predicted octanol–water partition coefficient (Wildman–Crippen LogP) is 3.43. The Bertz CT molecular complexity index is 1370. The van der Waals surface area contributed by atoms with Crippen LogP contribution in [0.4, 0.5) is 5.95 Å². The third-order valence-corrected chi connectivity index (χ3v) is 6.19. The van der Waals surface area contributed by atoms with Gasteiger partial charge in [-0.15, -0.1) is 5.10 Å². The third-order valence-electron chi connectivity index (χ3n) is 6.19. The largest absolute Gasteiger partial charge is 0.492 e. The summed E-state index contributed by atoms with van der Waals surface area (Å²) in [4.78, 5) is 6.93. The Balaban J connectivity index is 1.15. The van der Waals surface area contributed by atoms with Crippen molar-refractivity contribution in [3.8, 4) is 34.3 Å². The molecule has 4 aromatic rings. The van der Waals surface area contributed by atoms with Crippen LogP contribution in [0.3, 0.4) is 0 Å². The number of morpholine rings is 1. The molecule has 3 heterocycles. The van der Waals surface area contributed by atoms with Crippen molar-refractivity contribution in [2.75, 3.05) is 44.8 Å². The van der Waals surface area contributed by atoms with E-state index in [0.29, 0.717) is 30.4 Å². The van der Waals surface area contributed by atoms with E-state index in [1.165, 1.54) is 0 Å². The van der Waals surface area contributed by atoms with Gasteiger partial charge in [-0.05, 0) is 60.5 Å². The maximum Gasteiger partial charge on any atom is 0.243 e. The van der Waals surface area contributed by atoms with Crippen LogP contribution in [-0.2, 0) is 11.3 Å². The lowest BCUT2D eigenvalue weighted by molar-refractivity contribution is 0.0322. The predicted molar refractivity (Wildman–Crippen MR) is 139 cm³/mol. The summed E-state index contributed by atoms with van der Waals surface area (Å²) in [5, 5.41) is 27.9. The van der Waals surface area contributed by atoms with Crippen molar-refractivity contribution in [3.63, 3.8) is 0 Å². The molecule has 5 rings (SSSR count). The van der Waals surface area contributed by atoms with Crippen molar-refractivity contribution >= 4 is 5.95 Å². The summed E-state index contributed by atoms with van der Waals surface area (Å²) < 4.78 is 11.3. The Morgan fingerprint density at radius 1 is 1.14 bits per heavy atom. The number of nitrogens with zero attached hydrogens (tertiary/aromatic N) is 6. The first-order valence-electron chi connectivity index (χ1n) is 12.2. The highest BCUT2D eigenvalue weighted by Crippen LogP contribution is 2.23. The van der Waals surface area contributed by atoms with Gasteiger partial charge in [-0.1, -0.05) is 6.07 Å². The Hall–Kier alpha value is -4.33. The fourth-order valence-electron chi connectivity index (χ4n) is 4.15.